The van der Waals surface area contributed by atoms with Crippen molar-refractivity contribution in [3.8, 4) is 0 Å². The molecule has 0 spiro atoms. The number of halogens is 3. The zero-order valence-corrected chi connectivity index (χ0v) is 19.0. The van der Waals surface area contributed by atoms with Gasteiger partial charge in [-0.3, -0.25) is 19.3 Å². The summed E-state index contributed by atoms with van der Waals surface area (Å²) < 4.78 is 33.6. The topological polar surface area (TPSA) is 117 Å². The van der Waals surface area contributed by atoms with E-state index in [0.29, 0.717) is 32.0 Å². The number of alkyl halides is 3. The average Bonchev–Trinajstić information content (AvgIpc) is 3.25. The van der Waals surface area contributed by atoms with Crippen LogP contribution in [-0.2, 0) is 27.5 Å². The quantitative estimate of drug-likeness (QED) is 0.625. The van der Waals surface area contributed by atoms with Gasteiger partial charge in [0, 0.05) is 25.4 Å². The van der Waals surface area contributed by atoms with Crippen molar-refractivity contribution in [2.75, 3.05) is 6.54 Å². The number of rotatable bonds is 7. The monoisotopic (exact) mass is 483 g/mol. The number of aliphatic carboxylic acids is 1. The van der Waals surface area contributed by atoms with Gasteiger partial charge in [-0.05, 0) is 30.5 Å². The molecular weight excluding hydrogens is 455 g/mol. The number of nitrogens with one attached hydrogen (secondary N) is 1. The summed E-state index contributed by atoms with van der Waals surface area (Å²) in [5, 5.41) is 14.4. The number of pyridine rings is 1. The fourth-order valence-corrected chi connectivity index (χ4v) is 3.28. The second-order valence-corrected chi connectivity index (χ2v) is 8.23. The van der Waals surface area contributed by atoms with E-state index in [4.69, 9.17) is 9.90 Å². The first-order chi connectivity index (χ1) is 16.0. The lowest BCUT2D eigenvalue weighted by molar-refractivity contribution is -0.192. The number of hydrogen-bond donors (Lipinski definition) is 2. The van der Waals surface area contributed by atoms with Gasteiger partial charge in [0.25, 0.3) is 0 Å². The van der Waals surface area contributed by atoms with E-state index in [1.807, 2.05) is 33.8 Å². The van der Waals surface area contributed by atoms with Crippen LogP contribution in [0.3, 0.4) is 0 Å². The van der Waals surface area contributed by atoms with Crippen LogP contribution >= 0.6 is 0 Å². The first-order valence-electron chi connectivity index (χ1n) is 10.7. The van der Waals surface area contributed by atoms with Crippen LogP contribution in [-0.4, -0.2) is 55.3 Å². The van der Waals surface area contributed by atoms with E-state index >= 15 is 0 Å². The molecule has 12 heteroatoms. The predicted octanol–water partition coefficient (Wildman–Crippen LogP) is 2.94. The highest BCUT2D eigenvalue weighted by atomic mass is 19.4. The highest BCUT2D eigenvalue weighted by molar-refractivity contribution is 5.78. The van der Waals surface area contributed by atoms with Gasteiger partial charge < -0.3 is 15.3 Å². The molecule has 1 aliphatic heterocycles. The molecule has 0 saturated heterocycles. The summed E-state index contributed by atoms with van der Waals surface area (Å²) in [6, 6.07) is 7.39. The van der Waals surface area contributed by atoms with Gasteiger partial charge in [-0.25, -0.2) is 4.79 Å². The molecule has 0 aliphatic carbocycles. The van der Waals surface area contributed by atoms with Crippen molar-refractivity contribution in [3.05, 3.63) is 48.0 Å². The molecule has 0 aromatic carbocycles. The molecule has 2 aromatic rings. The van der Waals surface area contributed by atoms with E-state index in [1.165, 1.54) is 0 Å². The van der Waals surface area contributed by atoms with Crippen molar-refractivity contribution in [1.82, 2.24) is 25.0 Å². The highest BCUT2D eigenvalue weighted by Crippen LogP contribution is 2.24. The Labute approximate surface area is 195 Å². The van der Waals surface area contributed by atoms with E-state index in [0.717, 1.165) is 17.8 Å². The van der Waals surface area contributed by atoms with Crippen molar-refractivity contribution in [2.45, 2.75) is 58.4 Å². The predicted molar refractivity (Wildman–Crippen MR) is 115 cm³/mol. The van der Waals surface area contributed by atoms with Crippen LogP contribution in [0.4, 0.5) is 13.2 Å². The third kappa shape index (κ3) is 8.49. The van der Waals surface area contributed by atoms with Gasteiger partial charge in [-0.2, -0.15) is 18.3 Å². The SMILES string of the molecule is CC(C)CCC(=O)N1Cc2ccnn2C(CC(=O)NCc2ccccn2)C1.O=C(O)C(F)(F)F. The molecule has 3 heterocycles. The number of hydrogen-bond acceptors (Lipinski definition) is 5. The van der Waals surface area contributed by atoms with Crippen LogP contribution in [0.5, 0.6) is 0 Å². The van der Waals surface area contributed by atoms with Crippen molar-refractivity contribution < 1.29 is 32.7 Å². The molecule has 1 atom stereocenters. The number of carboxylic acid groups (broad SMARTS) is 1. The van der Waals surface area contributed by atoms with Crippen LogP contribution in [0.15, 0.2) is 36.7 Å². The standard InChI is InChI=1S/C20H27N5O2.C2HF3O2/c1-15(2)6-7-20(27)24-13-17-8-10-23-25(17)18(14-24)11-19(26)22-12-16-5-3-4-9-21-16;3-2(4,5)1(6)7/h3-5,8-10,15,18H,6-7,11-14H2,1-2H3,(H,22,26);(H,6,7). The second-order valence-electron chi connectivity index (χ2n) is 8.23. The Morgan fingerprint density at radius 3 is 2.50 bits per heavy atom. The van der Waals surface area contributed by atoms with Crippen molar-refractivity contribution in [2.24, 2.45) is 5.92 Å². The van der Waals surface area contributed by atoms with E-state index in [-0.39, 0.29) is 24.3 Å². The van der Waals surface area contributed by atoms with Gasteiger partial charge in [-0.1, -0.05) is 19.9 Å². The lowest BCUT2D eigenvalue weighted by Crippen LogP contribution is -2.42. The number of carbonyl (C=O) groups is 3. The molecule has 34 heavy (non-hydrogen) atoms. The first kappa shape index (κ1) is 26.8. The molecule has 1 aliphatic rings. The molecule has 0 fully saturated rings. The number of carbonyl (C=O) groups excluding carboxylic acids is 2. The minimum absolute atomic E-state index is 0.0661. The Bertz CT molecular complexity index is 963. The smallest absolute Gasteiger partial charge is 0.475 e. The van der Waals surface area contributed by atoms with Crippen LogP contribution in [0.1, 0.15) is 50.5 Å². The van der Waals surface area contributed by atoms with Gasteiger partial charge >= 0.3 is 12.1 Å². The first-order valence-corrected chi connectivity index (χ1v) is 10.7. The maximum absolute atomic E-state index is 12.6. The van der Waals surface area contributed by atoms with Gasteiger partial charge in [0.2, 0.25) is 11.8 Å². The molecule has 2 N–H and O–H groups in total. The number of aromatic nitrogens is 3. The molecule has 0 bridgehead atoms. The van der Waals surface area contributed by atoms with Gasteiger partial charge in [0.1, 0.15) is 0 Å². The van der Waals surface area contributed by atoms with E-state index < -0.39 is 12.1 Å². The Kier molecular flexibility index (Phi) is 9.58. The van der Waals surface area contributed by atoms with Crippen molar-refractivity contribution >= 4 is 17.8 Å². The van der Waals surface area contributed by atoms with Gasteiger partial charge in [0.05, 0.1) is 36.9 Å². The van der Waals surface area contributed by atoms with E-state index in [2.05, 4.69) is 29.2 Å². The highest BCUT2D eigenvalue weighted by Gasteiger charge is 2.38. The Morgan fingerprint density at radius 1 is 1.21 bits per heavy atom. The van der Waals surface area contributed by atoms with Crippen LogP contribution in [0.2, 0.25) is 0 Å². The zero-order chi connectivity index (χ0) is 25.3. The van der Waals surface area contributed by atoms with E-state index in [1.54, 1.807) is 12.4 Å². The number of nitrogens with zero attached hydrogens (tertiary/aromatic N) is 4. The molecule has 0 saturated carbocycles. The lowest BCUT2D eigenvalue weighted by atomic mass is 10.1. The number of carboxylic acids is 1. The molecule has 9 nitrogen and oxygen atoms in total. The molecule has 2 aromatic heterocycles. The van der Waals surface area contributed by atoms with Crippen molar-refractivity contribution in [3.63, 3.8) is 0 Å². The van der Waals surface area contributed by atoms with E-state index in [9.17, 15) is 22.8 Å². The third-order valence-electron chi connectivity index (χ3n) is 5.03. The fraction of sp³-hybridized carbons (Fsp3) is 0.500. The molecule has 3 rings (SSSR count). The largest absolute Gasteiger partial charge is 0.490 e. The maximum atomic E-state index is 12.6. The maximum Gasteiger partial charge on any atom is 0.490 e. The summed E-state index contributed by atoms with van der Waals surface area (Å²) in [4.78, 5) is 40.0. The third-order valence-corrected chi connectivity index (χ3v) is 5.03. The summed E-state index contributed by atoms with van der Waals surface area (Å²) in [5.74, 6) is -2.18. The van der Waals surface area contributed by atoms with Crippen molar-refractivity contribution in [1.29, 1.82) is 0 Å². The molecule has 0 radical (unpaired) electrons. The molecule has 1 unspecified atom stereocenters. The zero-order valence-electron chi connectivity index (χ0n) is 19.0. The normalized spacial score (nSPS) is 15.2. The Hall–Kier alpha value is -3.44. The van der Waals surface area contributed by atoms with Gasteiger partial charge in [-0.15, -0.1) is 0 Å². The summed E-state index contributed by atoms with van der Waals surface area (Å²) in [5.41, 5.74) is 1.79. The molecule has 2 amide bonds. The van der Waals surface area contributed by atoms with Crippen LogP contribution in [0.25, 0.3) is 0 Å². The van der Waals surface area contributed by atoms with Crippen LogP contribution < -0.4 is 5.32 Å². The minimum Gasteiger partial charge on any atom is -0.475 e. The Balaban J connectivity index is 0.000000509. The Morgan fingerprint density at radius 2 is 1.91 bits per heavy atom. The average molecular weight is 483 g/mol. The number of fused-ring (bicyclic) bond motifs is 1. The van der Waals surface area contributed by atoms with Crippen LogP contribution in [0, 0.1) is 5.92 Å². The summed E-state index contributed by atoms with van der Waals surface area (Å²) in [7, 11) is 0. The fourth-order valence-electron chi connectivity index (χ4n) is 3.28. The minimum atomic E-state index is -5.08. The van der Waals surface area contributed by atoms with Gasteiger partial charge in [0.15, 0.2) is 0 Å². The summed E-state index contributed by atoms with van der Waals surface area (Å²) in [6.45, 7) is 5.71. The molecular formula is C22H28F3N5O4. The second kappa shape index (κ2) is 12.1. The number of amides is 2. The summed E-state index contributed by atoms with van der Waals surface area (Å²) >= 11 is 0. The lowest BCUT2D eigenvalue weighted by Gasteiger charge is -2.34. The summed E-state index contributed by atoms with van der Waals surface area (Å²) in [6.07, 6.45) is 0.0687. The molecule has 186 valence electrons.